The van der Waals surface area contributed by atoms with Crippen molar-refractivity contribution in [3.8, 4) is 0 Å². The van der Waals surface area contributed by atoms with E-state index in [-0.39, 0.29) is 0 Å². The van der Waals surface area contributed by atoms with E-state index in [4.69, 9.17) is 0 Å². The minimum Gasteiger partial charge on any atom is -0.313 e. The summed E-state index contributed by atoms with van der Waals surface area (Å²) in [6, 6.07) is 6.89. The number of hydrogen-bond acceptors (Lipinski definition) is 1. The summed E-state index contributed by atoms with van der Waals surface area (Å²) in [6.07, 6.45) is 2.06. The topological polar surface area (TPSA) is 12.0 Å². The fourth-order valence-electron chi connectivity index (χ4n) is 1.70. The van der Waals surface area contributed by atoms with Crippen LogP contribution < -0.4 is 5.32 Å². The van der Waals surface area contributed by atoms with Crippen molar-refractivity contribution in [2.24, 2.45) is 0 Å². The average Bonchev–Trinajstić information content (AvgIpc) is 2.29. The van der Waals surface area contributed by atoms with Crippen molar-refractivity contribution in [2.45, 2.75) is 32.7 Å². The van der Waals surface area contributed by atoms with Gasteiger partial charge in [0.05, 0.1) is 0 Å². The molecule has 0 aliphatic carbocycles. The lowest BCUT2D eigenvalue weighted by Crippen LogP contribution is -2.17. The number of halogens is 1. The van der Waals surface area contributed by atoms with Crippen LogP contribution in [0.3, 0.4) is 0 Å². The van der Waals surface area contributed by atoms with Gasteiger partial charge in [0.1, 0.15) is 0 Å². The molecule has 0 aromatic heterocycles. The molecule has 0 bridgehead atoms. The highest BCUT2D eigenvalue weighted by molar-refractivity contribution is 9.10. The highest BCUT2D eigenvalue weighted by Gasteiger charge is 2.10. The first kappa shape index (κ1) is 13.5. The van der Waals surface area contributed by atoms with Crippen LogP contribution in [0, 0.1) is 6.92 Å². The van der Waals surface area contributed by atoms with Gasteiger partial charge in [-0.25, -0.2) is 0 Å². The second-order valence-corrected chi connectivity index (χ2v) is 5.01. The lowest BCUT2D eigenvalue weighted by molar-refractivity contribution is 0.582. The van der Waals surface area contributed by atoms with Gasteiger partial charge in [-0.3, -0.25) is 0 Å². The largest absolute Gasteiger partial charge is 0.313 e. The second kappa shape index (κ2) is 6.21. The molecule has 1 rings (SSSR count). The summed E-state index contributed by atoms with van der Waals surface area (Å²) in [7, 11) is 2.00. The molecule has 1 atom stereocenters. The van der Waals surface area contributed by atoms with Crippen LogP contribution >= 0.6 is 15.9 Å². The molecule has 16 heavy (non-hydrogen) atoms. The molecule has 1 aromatic rings. The van der Waals surface area contributed by atoms with Crippen molar-refractivity contribution in [3.63, 3.8) is 0 Å². The van der Waals surface area contributed by atoms with Crippen molar-refractivity contribution in [3.05, 3.63) is 46.0 Å². The van der Waals surface area contributed by atoms with E-state index in [0.717, 1.165) is 12.8 Å². The van der Waals surface area contributed by atoms with E-state index < -0.39 is 0 Å². The van der Waals surface area contributed by atoms with Crippen molar-refractivity contribution >= 4 is 15.9 Å². The van der Waals surface area contributed by atoms with Crippen molar-refractivity contribution in [1.29, 1.82) is 0 Å². The van der Waals surface area contributed by atoms with Gasteiger partial charge in [-0.2, -0.15) is 0 Å². The Labute approximate surface area is 107 Å². The van der Waals surface area contributed by atoms with Crippen LogP contribution in [-0.4, -0.2) is 7.05 Å². The number of nitrogens with one attached hydrogen (secondary N) is 1. The number of hydrogen-bond donors (Lipinski definition) is 1. The Bertz CT molecular complexity index is 371. The van der Waals surface area contributed by atoms with Gasteiger partial charge in [0, 0.05) is 10.5 Å². The number of benzene rings is 1. The van der Waals surface area contributed by atoms with Crippen molar-refractivity contribution in [2.75, 3.05) is 7.05 Å². The van der Waals surface area contributed by atoms with E-state index in [9.17, 15) is 0 Å². The quantitative estimate of drug-likeness (QED) is 0.790. The maximum absolute atomic E-state index is 4.08. The minimum atomic E-state index is 0.374. The lowest BCUT2D eigenvalue weighted by Gasteiger charge is -2.18. The van der Waals surface area contributed by atoms with Crippen LogP contribution in [0.25, 0.3) is 0 Å². The van der Waals surface area contributed by atoms with Crippen molar-refractivity contribution in [1.82, 2.24) is 5.32 Å². The zero-order valence-electron chi connectivity index (χ0n) is 10.3. The Morgan fingerprint density at radius 3 is 2.69 bits per heavy atom. The van der Waals surface area contributed by atoms with Crippen LogP contribution in [0.15, 0.2) is 34.8 Å². The van der Waals surface area contributed by atoms with E-state index >= 15 is 0 Å². The van der Waals surface area contributed by atoms with E-state index in [1.54, 1.807) is 0 Å². The molecule has 0 radical (unpaired) electrons. The Balaban J connectivity index is 2.86. The Kier molecular flexibility index (Phi) is 5.23. The molecule has 0 saturated carbocycles. The molecule has 1 N–H and O–H groups in total. The summed E-state index contributed by atoms with van der Waals surface area (Å²) in [5, 5.41) is 3.35. The molecule has 88 valence electrons. The third-order valence-electron chi connectivity index (χ3n) is 2.93. The van der Waals surface area contributed by atoms with Gasteiger partial charge in [0.25, 0.3) is 0 Å². The number of rotatable bonds is 5. The molecular formula is C14H20BrN. The Morgan fingerprint density at radius 2 is 2.19 bits per heavy atom. The molecule has 0 aliphatic rings. The van der Waals surface area contributed by atoms with E-state index in [2.05, 4.69) is 59.9 Å². The normalized spacial score (nSPS) is 12.5. The zero-order chi connectivity index (χ0) is 12.1. The molecule has 0 saturated heterocycles. The van der Waals surface area contributed by atoms with Crippen LogP contribution in [-0.2, 0) is 0 Å². The van der Waals surface area contributed by atoms with Gasteiger partial charge in [-0.05, 0) is 44.0 Å². The summed E-state index contributed by atoms with van der Waals surface area (Å²) >= 11 is 3.53. The first-order valence-corrected chi connectivity index (χ1v) is 6.47. The molecule has 0 aliphatic heterocycles. The van der Waals surface area contributed by atoms with Gasteiger partial charge in [0.15, 0.2) is 0 Å². The summed E-state index contributed by atoms with van der Waals surface area (Å²) in [5.41, 5.74) is 3.90. The summed E-state index contributed by atoms with van der Waals surface area (Å²) in [6.45, 7) is 8.35. The summed E-state index contributed by atoms with van der Waals surface area (Å²) in [5.74, 6) is 0. The lowest BCUT2D eigenvalue weighted by atomic mass is 9.97. The standard InChI is InChI=1S/C14H20BrN/c1-5-10(2)8-14(16-4)12-6-7-13(15)11(3)9-12/h6-7,9,14,16H,2,5,8H2,1,3-4H3. The van der Waals surface area contributed by atoms with Gasteiger partial charge in [0.2, 0.25) is 0 Å². The monoisotopic (exact) mass is 281 g/mol. The Morgan fingerprint density at radius 1 is 1.50 bits per heavy atom. The highest BCUT2D eigenvalue weighted by Crippen LogP contribution is 2.25. The van der Waals surface area contributed by atoms with Gasteiger partial charge < -0.3 is 5.32 Å². The van der Waals surface area contributed by atoms with Crippen LogP contribution in [0.4, 0.5) is 0 Å². The molecule has 0 heterocycles. The average molecular weight is 282 g/mol. The smallest absolute Gasteiger partial charge is 0.0355 e. The van der Waals surface area contributed by atoms with Crippen LogP contribution in [0.1, 0.15) is 36.9 Å². The highest BCUT2D eigenvalue weighted by atomic mass is 79.9. The SMILES string of the molecule is C=C(CC)CC(NC)c1ccc(Br)c(C)c1. The van der Waals surface area contributed by atoms with E-state index in [1.807, 2.05) is 7.05 Å². The first-order chi connectivity index (χ1) is 7.58. The van der Waals surface area contributed by atoms with Crippen LogP contribution in [0.5, 0.6) is 0 Å². The zero-order valence-corrected chi connectivity index (χ0v) is 11.9. The first-order valence-electron chi connectivity index (χ1n) is 5.68. The molecule has 0 amide bonds. The summed E-state index contributed by atoms with van der Waals surface area (Å²) in [4.78, 5) is 0. The third-order valence-corrected chi connectivity index (χ3v) is 3.82. The predicted octanol–water partition coefficient (Wildman–Crippen LogP) is 4.37. The molecule has 0 spiro atoms. The van der Waals surface area contributed by atoms with E-state index in [0.29, 0.717) is 6.04 Å². The van der Waals surface area contributed by atoms with Crippen LogP contribution in [0.2, 0.25) is 0 Å². The molecular weight excluding hydrogens is 262 g/mol. The molecule has 0 fully saturated rings. The molecule has 2 heteroatoms. The van der Waals surface area contributed by atoms with E-state index in [1.165, 1.54) is 21.2 Å². The number of aryl methyl sites for hydroxylation is 1. The second-order valence-electron chi connectivity index (χ2n) is 4.16. The van der Waals surface area contributed by atoms with Gasteiger partial charge in [-0.1, -0.05) is 47.1 Å². The van der Waals surface area contributed by atoms with Gasteiger partial charge >= 0.3 is 0 Å². The molecule has 1 nitrogen and oxygen atoms in total. The summed E-state index contributed by atoms with van der Waals surface area (Å²) < 4.78 is 1.17. The van der Waals surface area contributed by atoms with Crippen molar-refractivity contribution < 1.29 is 0 Å². The molecule has 1 unspecified atom stereocenters. The maximum atomic E-state index is 4.08. The predicted molar refractivity (Wildman–Crippen MR) is 74.7 cm³/mol. The fraction of sp³-hybridized carbons (Fsp3) is 0.429. The molecule has 1 aromatic carbocycles. The van der Waals surface area contributed by atoms with Gasteiger partial charge in [-0.15, -0.1) is 0 Å². The fourth-order valence-corrected chi connectivity index (χ4v) is 1.95. The maximum Gasteiger partial charge on any atom is 0.0355 e. The minimum absolute atomic E-state index is 0.374. The Hall–Kier alpha value is -0.600. The third kappa shape index (κ3) is 3.46.